The van der Waals surface area contributed by atoms with Crippen LogP contribution in [0.4, 0.5) is 0 Å². The first-order valence-corrected chi connectivity index (χ1v) is 5.77. The molecule has 0 bridgehead atoms. The van der Waals surface area contributed by atoms with Crippen molar-refractivity contribution in [2.24, 2.45) is 5.92 Å². The predicted octanol–water partition coefficient (Wildman–Crippen LogP) is 3.59. The summed E-state index contributed by atoms with van der Waals surface area (Å²) in [6, 6.07) is 6.99. The lowest BCUT2D eigenvalue weighted by molar-refractivity contribution is -0.145. The van der Waals surface area contributed by atoms with E-state index in [0.717, 1.165) is 5.56 Å². The Morgan fingerprint density at radius 3 is 2.76 bits per heavy atom. The molecule has 3 nitrogen and oxygen atoms in total. The van der Waals surface area contributed by atoms with Gasteiger partial charge in [0.2, 0.25) is 0 Å². The standard InChI is InChI=1S/C12H11Cl2NO2/c1-8(6-15)4-12(16)17-7-9-2-3-10(13)11(14)5-9/h2-3,5,8H,4,7H2,1H3. The van der Waals surface area contributed by atoms with Crippen LogP contribution in [0, 0.1) is 17.2 Å². The summed E-state index contributed by atoms with van der Waals surface area (Å²) in [5.41, 5.74) is 0.761. The van der Waals surface area contributed by atoms with Crippen LogP contribution in [-0.4, -0.2) is 5.97 Å². The van der Waals surface area contributed by atoms with Gasteiger partial charge in [-0.2, -0.15) is 5.26 Å². The first kappa shape index (κ1) is 13.8. The molecule has 0 saturated carbocycles. The van der Waals surface area contributed by atoms with E-state index in [2.05, 4.69) is 0 Å². The van der Waals surface area contributed by atoms with Gasteiger partial charge in [-0.1, -0.05) is 29.3 Å². The molecule has 1 rings (SSSR count). The Balaban J connectivity index is 2.48. The molecule has 0 N–H and O–H groups in total. The molecule has 0 aliphatic heterocycles. The number of nitriles is 1. The van der Waals surface area contributed by atoms with Crippen LogP contribution in [0.2, 0.25) is 10.0 Å². The van der Waals surface area contributed by atoms with Gasteiger partial charge >= 0.3 is 5.97 Å². The van der Waals surface area contributed by atoms with Crippen LogP contribution < -0.4 is 0 Å². The predicted molar refractivity (Wildman–Crippen MR) is 65.7 cm³/mol. The van der Waals surface area contributed by atoms with E-state index in [1.54, 1.807) is 25.1 Å². The highest BCUT2D eigenvalue weighted by Crippen LogP contribution is 2.22. The van der Waals surface area contributed by atoms with Crippen molar-refractivity contribution in [3.63, 3.8) is 0 Å². The van der Waals surface area contributed by atoms with E-state index in [1.807, 2.05) is 6.07 Å². The number of ether oxygens (including phenoxy) is 1. The van der Waals surface area contributed by atoms with Gasteiger partial charge in [0.1, 0.15) is 6.61 Å². The van der Waals surface area contributed by atoms with Gasteiger partial charge in [0, 0.05) is 0 Å². The fourth-order valence-electron chi connectivity index (χ4n) is 1.15. The zero-order valence-corrected chi connectivity index (χ0v) is 10.8. The Kier molecular flexibility index (Phi) is 5.27. The lowest BCUT2D eigenvalue weighted by Crippen LogP contribution is -2.08. The minimum atomic E-state index is -0.398. The van der Waals surface area contributed by atoms with Crippen LogP contribution in [0.5, 0.6) is 0 Å². The third-order valence-electron chi connectivity index (χ3n) is 2.08. The van der Waals surface area contributed by atoms with Crippen LogP contribution in [0.1, 0.15) is 18.9 Å². The smallest absolute Gasteiger partial charge is 0.307 e. The molecule has 1 unspecified atom stereocenters. The van der Waals surface area contributed by atoms with Gasteiger partial charge in [-0.15, -0.1) is 0 Å². The van der Waals surface area contributed by atoms with Crippen LogP contribution in [0.15, 0.2) is 18.2 Å². The largest absolute Gasteiger partial charge is 0.461 e. The molecule has 0 fully saturated rings. The molecule has 17 heavy (non-hydrogen) atoms. The third-order valence-corrected chi connectivity index (χ3v) is 2.82. The Morgan fingerprint density at radius 2 is 2.18 bits per heavy atom. The number of hydrogen-bond acceptors (Lipinski definition) is 3. The normalized spacial score (nSPS) is 11.6. The molecule has 5 heteroatoms. The van der Waals surface area contributed by atoms with Gasteiger partial charge < -0.3 is 4.74 Å². The van der Waals surface area contributed by atoms with Crippen molar-refractivity contribution in [2.45, 2.75) is 20.0 Å². The van der Waals surface area contributed by atoms with E-state index in [-0.39, 0.29) is 18.9 Å². The summed E-state index contributed by atoms with van der Waals surface area (Å²) in [5.74, 6) is -0.735. The summed E-state index contributed by atoms with van der Waals surface area (Å²) >= 11 is 11.6. The number of halogens is 2. The quantitative estimate of drug-likeness (QED) is 0.787. The maximum atomic E-state index is 11.3. The van der Waals surface area contributed by atoms with Crippen molar-refractivity contribution < 1.29 is 9.53 Å². The summed E-state index contributed by atoms with van der Waals surface area (Å²) in [6.45, 7) is 1.80. The molecule has 0 aliphatic rings. The topological polar surface area (TPSA) is 50.1 Å². The van der Waals surface area contributed by atoms with Crippen molar-refractivity contribution in [2.75, 3.05) is 0 Å². The van der Waals surface area contributed by atoms with Crippen molar-refractivity contribution in [1.29, 1.82) is 5.26 Å². The van der Waals surface area contributed by atoms with Crippen LogP contribution in [0.3, 0.4) is 0 Å². The van der Waals surface area contributed by atoms with Gasteiger partial charge in [0.05, 0.1) is 28.5 Å². The van der Waals surface area contributed by atoms with E-state index in [4.69, 9.17) is 33.2 Å². The average Bonchev–Trinajstić information content (AvgIpc) is 2.30. The second-order valence-corrected chi connectivity index (χ2v) is 4.46. The lowest BCUT2D eigenvalue weighted by Gasteiger charge is -2.06. The first-order valence-electron chi connectivity index (χ1n) is 5.02. The Morgan fingerprint density at radius 1 is 1.47 bits per heavy atom. The third kappa shape index (κ3) is 4.64. The number of esters is 1. The lowest BCUT2D eigenvalue weighted by atomic mass is 10.1. The molecule has 1 aromatic rings. The first-order chi connectivity index (χ1) is 8.02. The highest BCUT2D eigenvalue weighted by Gasteiger charge is 2.09. The van der Waals surface area contributed by atoms with Crippen molar-refractivity contribution in [1.82, 2.24) is 0 Å². The Bertz CT molecular complexity index is 454. The maximum absolute atomic E-state index is 11.3. The fourth-order valence-corrected chi connectivity index (χ4v) is 1.47. The Hall–Kier alpha value is -1.24. The molecule has 1 atom stereocenters. The van der Waals surface area contributed by atoms with Crippen LogP contribution in [-0.2, 0) is 16.1 Å². The molecular weight excluding hydrogens is 261 g/mol. The van der Waals surface area contributed by atoms with Crippen molar-refractivity contribution >= 4 is 29.2 Å². The zero-order chi connectivity index (χ0) is 12.8. The minimum absolute atomic E-state index is 0.0951. The summed E-state index contributed by atoms with van der Waals surface area (Å²) in [4.78, 5) is 11.3. The van der Waals surface area contributed by atoms with Crippen molar-refractivity contribution in [3.8, 4) is 6.07 Å². The maximum Gasteiger partial charge on any atom is 0.307 e. The molecule has 0 amide bonds. The minimum Gasteiger partial charge on any atom is -0.461 e. The summed E-state index contributed by atoms with van der Waals surface area (Å²) < 4.78 is 5.00. The Labute approximate surface area is 110 Å². The fraction of sp³-hybridized carbons (Fsp3) is 0.333. The van der Waals surface area contributed by atoms with E-state index in [0.29, 0.717) is 10.0 Å². The van der Waals surface area contributed by atoms with E-state index < -0.39 is 5.97 Å². The number of carbonyl (C=O) groups is 1. The van der Waals surface area contributed by atoms with Gasteiger partial charge in [0.15, 0.2) is 0 Å². The molecule has 0 aromatic heterocycles. The molecular formula is C12H11Cl2NO2. The molecule has 0 spiro atoms. The molecule has 1 aromatic carbocycles. The molecule has 0 saturated heterocycles. The van der Waals surface area contributed by atoms with Gasteiger partial charge in [-0.05, 0) is 24.6 Å². The number of rotatable bonds is 4. The van der Waals surface area contributed by atoms with Gasteiger partial charge in [0.25, 0.3) is 0 Å². The van der Waals surface area contributed by atoms with Crippen LogP contribution in [0.25, 0.3) is 0 Å². The van der Waals surface area contributed by atoms with Crippen molar-refractivity contribution in [3.05, 3.63) is 33.8 Å². The van der Waals surface area contributed by atoms with Crippen LogP contribution >= 0.6 is 23.2 Å². The summed E-state index contributed by atoms with van der Waals surface area (Å²) in [6.07, 6.45) is 0.0951. The molecule has 90 valence electrons. The number of benzene rings is 1. The highest BCUT2D eigenvalue weighted by molar-refractivity contribution is 6.42. The van der Waals surface area contributed by atoms with Gasteiger partial charge in [-0.25, -0.2) is 0 Å². The number of hydrogen-bond donors (Lipinski definition) is 0. The molecule has 0 heterocycles. The molecule has 0 aliphatic carbocycles. The summed E-state index contributed by atoms with van der Waals surface area (Å²) in [7, 11) is 0. The zero-order valence-electron chi connectivity index (χ0n) is 9.24. The SMILES string of the molecule is CC(C#N)CC(=O)OCc1ccc(Cl)c(Cl)c1. The summed E-state index contributed by atoms with van der Waals surface area (Å²) in [5, 5.41) is 9.43. The number of carbonyl (C=O) groups excluding carboxylic acids is 1. The number of nitrogens with zero attached hydrogens (tertiary/aromatic N) is 1. The second kappa shape index (κ2) is 6.48. The van der Waals surface area contributed by atoms with E-state index in [1.165, 1.54) is 0 Å². The van der Waals surface area contributed by atoms with E-state index in [9.17, 15) is 4.79 Å². The monoisotopic (exact) mass is 271 g/mol. The second-order valence-electron chi connectivity index (χ2n) is 3.64. The van der Waals surface area contributed by atoms with Gasteiger partial charge in [-0.3, -0.25) is 4.79 Å². The van der Waals surface area contributed by atoms with E-state index >= 15 is 0 Å². The average molecular weight is 272 g/mol. The molecule has 0 radical (unpaired) electrons. The highest BCUT2D eigenvalue weighted by atomic mass is 35.5.